The van der Waals surface area contributed by atoms with E-state index in [0.29, 0.717) is 11.8 Å². The number of rotatable bonds is 4. The van der Waals surface area contributed by atoms with E-state index in [-0.39, 0.29) is 12.3 Å². The van der Waals surface area contributed by atoms with Crippen molar-refractivity contribution in [2.75, 3.05) is 0 Å². The summed E-state index contributed by atoms with van der Waals surface area (Å²) in [6, 6.07) is 0. The Morgan fingerprint density at radius 1 is 1.14 bits per heavy atom. The lowest BCUT2D eigenvalue weighted by Crippen LogP contribution is -2.35. The predicted molar refractivity (Wildman–Crippen MR) is 55.5 cm³/mol. The van der Waals surface area contributed by atoms with E-state index in [4.69, 9.17) is 0 Å². The van der Waals surface area contributed by atoms with Gasteiger partial charge in [-0.3, -0.25) is 0 Å². The highest BCUT2D eigenvalue weighted by atomic mass is 19.3. The van der Waals surface area contributed by atoms with Gasteiger partial charge in [-0.05, 0) is 30.6 Å². The van der Waals surface area contributed by atoms with Gasteiger partial charge in [0.05, 0.1) is 0 Å². The Balaban J connectivity index is 2.29. The van der Waals surface area contributed by atoms with E-state index >= 15 is 0 Å². The van der Waals surface area contributed by atoms with Crippen LogP contribution >= 0.6 is 0 Å². The normalized spacial score (nSPS) is 28.3. The molecule has 1 saturated carbocycles. The first-order valence-electron chi connectivity index (χ1n) is 5.70. The Kier molecular flexibility index (Phi) is 3.54. The molecule has 0 aromatic carbocycles. The number of hydrogen-bond acceptors (Lipinski definition) is 0. The minimum absolute atomic E-state index is 0.105. The van der Waals surface area contributed by atoms with Gasteiger partial charge in [-0.25, -0.2) is 8.78 Å². The molecular weight excluding hydrogens is 182 g/mol. The molecule has 0 bridgehead atoms. The Hall–Kier alpha value is -0.140. The second-order valence-corrected chi connectivity index (χ2v) is 5.46. The molecule has 0 amide bonds. The summed E-state index contributed by atoms with van der Waals surface area (Å²) in [6.07, 6.45) is 2.13. The van der Waals surface area contributed by atoms with E-state index in [1.165, 1.54) is 0 Å². The van der Waals surface area contributed by atoms with Crippen molar-refractivity contribution in [2.45, 2.75) is 52.9 Å². The number of hydrogen-bond donors (Lipinski definition) is 0. The van der Waals surface area contributed by atoms with Crippen LogP contribution in [0.5, 0.6) is 0 Å². The molecule has 0 aliphatic heterocycles. The van der Waals surface area contributed by atoms with Crippen LogP contribution in [0.15, 0.2) is 0 Å². The van der Waals surface area contributed by atoms with E-state index in [9.17, 15) is 8.78 Å². The molecule has 1 aliphatic carbocycles. The molecule has 0 atom stereocenters. The fourth-order valence-electron chi connectivity index (χ4n) is 2.12. The maximum atomic E-state index is 13.3. The molecule has 1 fully saturated rings. The molecule has 1 rings (SSSR count). The lowest BCUT2D eigenvalue weighted by Gasteiger charge is -2.40. The van der Waals surface area contributed by atoms with E-state index < -0.39 is 11.8 Å². The SMILES string of the molecule is CC(C)C1CC(CC(F)(F)C(C)C)C1. The van der Waals surface area contributed by atoms with Gasteiger partial charge in [0, 0.05) is 12.3 Å². The van der Waals surface area contributed by atoms with Crippen LogP contribution in [0, 0.1) is 23.7 Å². The standard InChI is InChI=1S/C12H22F2/c1-8(2)11-5-10(6-11)7-12(13,14)9(3)4/h8-11H,5-7H2,1-4H3. The van der Waals surface area contributed by atoms with Gasteiger partial charge < -0.3 is 0 Å². The number of alkyl halides is 2. The molecule has 2 heteroatoms. The average molecular weight is 204 g/mol. The molecule has 0 spiro atoms. The fourth-order valence-corrected chi connectivity index (χ4v) is 2.12. The largest absolute Gasteiger partial charge is 0.250 e. The van der Waals surface area contributed by atoms with Crippen molar-refractivity contribution < 1.29 is 8.78 Å². The van der Waals surface area contributed by atoms with E-state index in [2.05, 4.69) is 13.8 Å². The van der Waals surface area contributed by atoms with Crippen LogP contribution in [0.3, 0.4) is 0 Å². The molecule has 0 saturated heterocycles. The summed E-state index contributed by atoms with van der Waals surface area (Å²) in [5.41, 5.74) is 0. The van der Waals surface area contributed by atoms with Gasteiger partial charge >= 0.3 is 0 Å². The van der Waals surface area contributed by atoms with Gasteiger partial charge in [0.15, 0.2) is 0 Å². The third-order valence-electron chi connectivity index (χ3n) is 3.62. The van der Waals surface area contributed by atoms with Crippen molar-refractivity contribution in [2.24, 2.45) is 23.7 Å². The van der Waals surface area contributed by atoms with Crippen molar-refractivity contribution >= 4 is 0 Å². The zero-order chi connectivity index (χ0) is 10.9. The first-order valence-corrected chi connectivity index (χ1v) is 5.70. The first kappa shape index (κ1) is 11.9. The predicted octanol–water partition coefficient (Wildman–Crippen LogP) is 4.35. The minimum Gasteiger partial charge on any atom is -0.207 e. The van der Waals surface area contributed by atoms with Crippen LogP contribution in [0.1, 0.15) is 47.0 Å². The van der Waals surface area contributed by atoms with Gasteiger partial charge in [0.1, 0.15) is 0 Å². The summed E-state index contributed by atoms with van der Waals surface area (Å²) < 4.78 is 26.7. The maximum absolute atomic E-state index is 13.3. The van der Waals surface area contributed by atoms with E-state index in [0.717, 1.165) is 12.8 Å². The van der Waals surface area contributed by atoms with E-state index in [1.807, 2.05) is 0 Å². The quantitative estimate of drug-likeness (QED) is 0.638. The van der Waals surface area contributed by atoms with Gasteiger partial charge in [-0.1, -0.05) is 27.7 Å². The first-order chi connectivity index (χ1) is 6.33. The van der Waals surface area contributed by atoms with Crippen molar-refractivity contribution in [3.8, 4) is 0 Å². The molecular formula is C12H22F2. The number of halogens is 2. The molecule has 0 radical (unpaired) electrons. The molecule has 1 aliphatic rings. The molecule has 0 unspecified atom stereocenters. The highest BCUT2D eigenvalue weighted by Gasteiger charge is 2.41. The minimum atomic E-state index is -2.45. The lowest BCUT2D eigenvalue weighted by atomic mass is 9.67. The third kappa shape index (κ3) is 2.68. The second-order valence-electron chi connectivity index (χ2n) is 5.46. The maximum Gasteiger partial charge on any atom is 0.250 e. The Labute approximate surface area is 86.1 Å². The summed E-state index contributed by atoms with van der Waals surface area (Å²) >= 11 is 0. The highest BCUT2D eigenvalue weighted by molar-refractivity contribution is 4.86. The topological polar surface area (TPSA) is 0 Å². The highest BCUT2D eigenvalue weighted by Crippen LogP contribution is 2.45. The Morgan fingerprint density at radius 2 is 1.64 bits per heavy atom. The molecule has 0 aromatic heterocycles. The van der Waals surface area contributed by atoms with Crippen LogP contribution in [-0.2, 0) is 0 Å². The van der Waals surface area contributed by atoms with Gasteiger partial charge in [-0.2, -0.15) is 0 Å². The third-order valence-corrected chi connectivity index (χ3v) is 3.62. The Bertz CT molecular complexity index is 179. The van der Waals surface area contributed by atoms with Gasteiger partial charge in [-0.15, -0.1) is 0 Å². The summed E-state index contributed by atoms with van der Waals surface area (Å²) in [4.78, 5) is 0. The zero-order valence-corrected chi connectivity index (χ0v) is 9.69. The molecule has 84 valence electrons. The van der Waals surface area contributed by atoms with Crippen LogP contribution in [0.4, 0.5) is 8.78 Å². The smallest absolute Gasteiger partial charge is 0.207 e. The van der Waals surface area contributed by atoms with Crippen molar-refractivity contribution in [3.63, 3.8) is 0 Å². The summed E-state index contributed by atoms with van der Waals surface area (Å²) in [7, 11) is 0. The fraction of sp³-hybridized carbons (Fsp3) is 1.00. The van der Waals surface area contributed by atoms with Crippen LogP contribution in [0.25, 0.3) is 0 Å². The second kappa shape index (κ2) is 4.16. The summed E-state index contributed by atoms with van der Waals surface area (Å²) in [5, 5.41) is 0. The van der Waals surface area contributed by atoms with E-state index in [1.54, 1.807) is 13.8 Å². The monoisotopic (exact) mass is 204 g/mol. The lowest BCUT2D eigenvalue weighted by molar-refractivity contribution is -0.0823. The van der Waals surface area contributed by atoms with Crippen molar-refractivity contribution in [1.82, 2.24) is 0 Å². The summed E-state index contributed by atoms with van der Waals surface area (Å²) in [5.74, 6) is -1.32. The van der Waals surface area contributed by atoms with Gasteiger partial charge in [0.25, 0.3) is 5.92 Å². The average Bonchev–Trinajstić information content (AvgIpc) is 1.94. The molecule has 0 aromatic rings. The summed E-state index contributed by atoms with van der Waals surface area (Å²) in [6.45, 7) is 7.58. The van der Waals surface area contributed by atoms with Crippen LogP contribution in [0.2, 0.25) is 0 Å². The van der Waals surface area contributed by atoms with Gasteiger partial charge in [0.2, 0.25) is 0 Å². The molecule has 0 heterocycles. The van der Waals surface area contributed by atoms with Crippen LogP contribution < -0.4 is 0 Å². The molecule has 0 N–H and O–H groups in total. The molecule has 0 nitrogen and oxygen atoms in total. The van der Waals surface area contributed by atoms with Crippen molar-refractivity contribution in [3.05, 3.63) is 0 Å². The van der Waals surface area contributed by atoms with Crippen LogP contribution in [-0.4, -0.2) is 5.92 Å². The zero-order valence-electron chi connectivity index (χ0n) is 9.69. The Morgan fingerprint density at radius 3 is 2.00 bits per heavy atom. The van der Waals surface area contributed by atoms with Crippen molar-refractivity contribution in [1.29, 1.82) is 0 Å². The molecule has 14 heavy (non-hydrogen) atoms.